The van der Waals surface area contributed by atoms with Crippen molar-refractivity contribution in [3.05, 3.63) is 20.9 Å². The Kier molecular flexibility index (Phi) is 4.91. The molecule has 0 aliphatic carbocycles. The average molecular weight is 427 g/mol. The molecule has 3 aromatic heterocycles. The van der Waals surface area contributed by atoms with Crippen LogP contribution in [0.5, 0.6) is 0 Å². The molecular weight excluding hydrogens is 401 g/mol. The molecule has 0 saturated carbocycles. The van der Waals surface area contributed by atoms with E-state index in [1.807, 2.05) is 0 Å². The van der Waals surface area contributed by atoms with Gasteiger partial charge in [0.05, 0.1) is 28.6 Å². The minimum atomic E-state index is 0.684. The third-order valence-electron chi connectivity index (χ3n) is 5.69. The van der Waals surface area contributed by atoms with Gasteiger partial charge in [-0.1, -0.05) is 0 Å². The minimum Gasteiger partial charge on any atom is -0.133 e. The standard InChI is InChI=1S/C20H26S5/c1-13-15(11-24-7-3-4-8-24)21-19-17(13)23-18-14(2)16(22-20(18)19)12-25-9-5-6-10-25/h3-12H2,1-2H3/q+2. The smallest absolute Gasteiger partial charge is 0.133 e. The zero-order valence-electron chi connectivity index (χ0n) is 15.1. The van der Waals surface area contributed by atoms with Crippen molar-refractivity contribution in [3.63, 3.8) is 0 Å². The molecule has 2 fully saturated rings. The van der Waals surface area contributed by atoms with Crippen LogP contribution in [0.25, 0.3) is 18.8 Å². The van der Waals surface area contributed by atoms with Gasteiger partial charge in [-0.05, 0) is 72.4 Å². The van der Waals surface area contributed by atoms with Gasteiger partial charge in [-0.25, -0.2) is 0 Å². The first-order valence-corrected chi connectivity index (χ1v) is 15.3. The summed E-state index contributed by atoms with van der Waals surface area (Å²) in [5, 5.41) is 0. The average Bonchev–Trinajstić information content (AvgIpc) is 3.38. The molecule has 0 bridgehead atoms. The highest BCUT2D eigenvalue weighted by molar-refractivity contribution is 7.96. The van der Waals surface area contributed by atoms with Gasteiger partial charge in [-0.2, -0.15) is 0 Å². The molecule has 25 heavy (non-hydrogen) atoms. The quantitative estimate of drug-likeness (QED) is 0.411. The fourth-order valence-corrected chi connectivity index (χ4v) is 14.2. The molecule has 5 heterocycles. The Morgan fingerprint density at radius 1 is 0.600 bits per heavy atom. The highest BCUT2D eigenvalue weighted by Gasteiger charge is 2.29. The second-order valence-electron chi connectivity index (χ2n) is 7.46. The van der Waals surface area contributed by atoms with Gasteiger partial charge in [0, 0.05) is 0 Å². The summed E-state index contributed by atoms with van der Waals surface area (Å²) in [5.41, 5.74) is 3.23. The highest BCUT2D eigenvalue weighted by atomic mass is 32.2. The first-order valence-electron chi connectivity index (χ1n) is 9.41. The van der Waals surface area contributed by atoms with Crippen LogP contribution in [-0.2, 0) is 33.3 Å². The van der Waals surface area contributed by atoms with Crippen molar-refractivity contribution in [2.24, 2.45) is 0 Å². The summed E-state index contributed by atoms with van der Waals surface area (Å²) in [5.74, 6) is 8.71. The van der Waals surface area contributed by atoms with Gasteiger partial charge in [0.1, 0.15) is 34.5 Å². The molecule has 5 rings (SSSR count). The molecule has 2 aliphatic heterocycles. The molecule has 2 saturated heterocycles. The molecule has 0 atom stereocenters. The first kappa shape index (κ1) is 17.4. The van der Waals surface area contributed by atoms with E-state index in [9.17, 15) is 0 Å². The van der Waals surface area contributed by atoms with E-state index in [1.165, 1.54) is 60.2 Å². The zero-order chi connectivity index (χ0) is 17.0. The van der Waals surface area contributed by atoms with Crippen molar-refractivity contribution in [2.45, 2.75) is 51.0 Å². The molecule has 2 aliphatic rings. The van der Waals surface area contributed by atoms with Crippen molar-refractivity contribution in [3.8, 4) is 0 Å². The van der Waals surface area contributed by atoms with Gasteiger partial charge in [0.2, 0.25) is 0 Å². The number of hydrogen-bond donors (Lipinski definition) is 0. The fraction of sp³-hybridized carbons (Fsp3) is 0.600. The van der Waals surface area contributed by atoms with E-state index in [0.717, 1.165) is 0 Å². The van der Waals surface area contributed by atoms with Gasteiger partial charge in [-0.15, -0.1) is 34.0 Å². The van der Waals surface area contributed by atoms with E-state index < -0.39 is 0 Å². The number of thiophene rings is 3. The predicted molar refractivity (Wildman–Crippen MR) is 125 cm³/mol. The molecule has 134 valence electrons. The number of aryl methyl sites for hydroxylation is 2. The van der Waals surface area contributed by atoms with Crippen LogP contribution in [-0.4, -0.2) is 23.0 Å². The van der Waals surface area contributed by atoms with Crippen LogP contribution in [0, 0.1) is 13.8 Å². The van der Waals surface area contributed by atoms with Gasteiger partial charge in [-0.3, -0.25) is 0 Å². The Morgan fingerprint density at radius 2 is 1.00 bits per heavy atom. The molecule has 3 aromatic rings. The monoisotopic (exact) mass is 426 g/mol. The maximum atomic E-state index is 2.39. The summed E-state index contributed by atoms with van der Waals surface area (Å²) in [6.07, 6.45) is 5.90. The molecule has 0 N–H and O–H groups in total. The molecule has 0 spiro atoms. The SMILES string of the molecule is Cc1c(C[S+]2CCCC2)sc2c1sc1c(C)c(C[S+]3CCCC3)sc12. The number of fused-ring (bicyclic) bond motifs is 3. The topological polar surface area (TPSA) is 0 Å². The number of rotatable bonds is 4. The molecule has 0 nitrogen and oxygen atoms in total. The van der Waals surface area contributed by atoms with Crippen LogP contribution in [0.3, 0.4) is 0 Å². The Labute approximate surface area is 168 Å². The van der Waals surface area contributed by atoms with Gasteiger partial charge in [0.25, 0.3) is 0 Å². The van der Waals surface area contributed by atoms with Crippen molar-refractivity contribution < 1.29 is 0 Å². The van der Waals surface area contributed by atoms with E-state index in [2.05, 4.69) is 47.9 Å². The molecule has 0 radical (unpaired) electrons. The second kappa shape index (κ2) is 7.05. The Balaban J connectivity index is 1.50. The first-order chi connectivity index (χ1) is 12.2. The summed E-state index contributed by atoms with van der Waals surface area (Å²) in [4.78, 5) is 3.41. The summed E-state index contributed by atoms with van der Waals surface area (Å²) in [6.45, 7) is 4.79. The maximum absolute atomic E-state index is 2.39. The van der Waals surface area contributed by atoms with Crippen LogP contribution in [0.2, 0.25) is 0 Å². The maximum Gasteiger partial charge on any atom is 0.142 e. The highest BCUT2D eigenvalue weighted by Crippen LogP contribution is 2.48. The van der Waals surface area contributed by atoms with Crippen LogP contribution < -0.4 is 0 Å². The Hall–Kier alpha value is 0.320. The summed E-state index contributed by atoms with van der Waals surface area (Å²) in [7, 11) is 1.37. The van der Waals surface area contributed by atoms with Gasteiger partial charge in [0.15, 0.2) is 0 Å². The minimum absolute atomic E-state index is 0.684. The summed E-state index contributed by atoms with van der Waals surface area (Å²) >= 11 is 6.38. The lowest BCUT2D eigenvalue weighted by Crippen LogP contribution is -2.06. The Bertz CT molecular complexity index is 827. The van der Waals surface area contributed by atoms with E-state index in [-0.39, 0.29) is 0 Å². The van der Waals surface area contributed by atoms with E-state index in [0.29, 0.717) is 21.8 Å². The third kappa shape index (κ3) is 3.12. The normalized spacial score (nSPS) is 19.9. The molecule has 0 aromatic carbocycles. The number of hydrogen-bond acceptors (Lipinski definition) is 3. The second-order valence-corrected chi connectivity index (χ2v) is 15.4. The molecule has 0 unspecified atom stereocenters. The van der Waals surface area contributed by atoms with Crippen LogP contribution in [0.1, 0.15) is 46.6 Å². The molecule has 5 heteroatoms. The predicted octanol–water partition coefficient (Wildman–Crippen LogP) is 6.62. The fourth-order valence-electron chi connectivity index (χ4n) is 4.10. The third-order valence-corrected chi connectivity index (χ3v) is 15.4. The van der Waals surface area contributed by atoms with Crippen molar-refractivity contribution in [2.75, 3.05) is 23.0 Å². The van der Waals surface area contributed by atoms with Crippen molar-refractivity contribution >= 4 is 74.6 Å². The van der Waals surface area contributed by atoms with Crippen molar-refractivity contribution in [1.82, 2.24) is 0 Å². The summed E-state index contributed by atoms with van der Waals surface area (Å²) < 4.78 is 6.48. The van der Waals surface area contributed by atoms with Crippen molar-refractivity contribution in [1.29, 1.82) is 0 Å². The van der Waals surface area contributed by atoms with Gasteiger partial charge >= 0.3 is 0 Å². The lowest BCUT2D eigenvalue weighted by atomic mass is 10.2. The lowest BCUT2D eigenvalue weighted by molar-refractivity contribution is 0.949. The summed E-state index contributed by atoms with van der Waals surface area (Å²) in [6, 6.07) is 0. The van der Waals surface area contributed by atoms with Gasteiger partial charge < -0.3 is 0 Å². The van der Waals surface area contributed by atoms with Crippen LogP contribution in [0.4, 0.5) is 0 Å². The Morgan fingerprint density at radius 3 is 1.40 bits per heavy atom. The van der Waals surface area contributed by atoms with E-state index in [4.69, 9.17) is 0 Å². The molecular formula is C20H26S5+2. The van der Waals surface area contributed by atoms with Crippen LogP contribution in [0.15, 0.2) is 0 Å². The van der Waals surface area contributed by atoms with E-state index in [1.54, 1.807) is 39.7 Å². The largest absolute Gasteiger partial charge is 0.142 e. The van der Waals surface area contributed by atoms with Crippen LogP contribution >= 0.6 is 34.0 Å². The zero-order valence-corrected chi connectivity index (χ0v) is 19.2. The van der Waals surface area contributed by atoms with E-state index >= 15 is 0 Å². The lowest BCUT2D eigenvalue weighted by Gasteiger charge is -2.00. The molecule has 0 amide bonds.